The Labute approximate surface area is 82.7 Å². The van der Waals surface area contributed by atoms with Gasteiger partial charge in [0.05, 0.1) is 0 Å². The molecule has 0 fully saturated rings. The second-order valence-corrected chi connectivity index (χ2v) is 3.20. The van der Waals surface area contributed by atoms with E-state index in [9.17, 15) is 4.79 Å². The van der Waals surface area contributed by atoms with Gasteiger partial charge in [-0.05, 0) is 13.0 Å². The zero-order valence-corrected chi connectivity index (χ0v) is 8.02. The molecule has 0 saturated heterocycles. The molecule has 1 aliphatic heterocycles. The van der Waals surface area contributed by atoms with E-state index in [1.54, 1.807) is 6.92 Å². The molecule has 1 aromatic rings. The molecule has 13 heavy (non-hydrogen) atoms. The summed E-state index contributed by atoms with van der Waals surface area (Å²) in [6.07, 6.45) is 0. The van der Waals surface area contributed by atoms with Gasteiger partial charge in [0.15, 0.2) is 0 Å². The third-order valence-electron chi connectivity index (χ3n) is 2.21. The highest BCUT2D eigenvalue weighted by molar-refractivity contribution is 6.05. The summed E-state index contributed by atoms with van der Waals surface area (Å²) < 4.78 is 0. The largest absolute Gasteiger partial charge is 0.324 e. The third kappa shape index (κ3) is 1.30. The van der Waals surface area contributed by atoms with E-state index in [0.717, 1.165) is 11.3 Å². The van der Waals surface area contributed by atoms with E-state index in [-0.39, 0.29) is 18.3 Å². The van der Waals surface area contributed by atoms with Gasteiger partial charge >= 0.3 is 0 Å². The molecule has 70 valence electrons. The number of hydrogen-bond acceptors (Lipinski definition) is 2. The van der Waals surface area contributed by atoms with Crippen molar-refractivity contribution < 1.29 is 4.79 Å². The first-order valence-corrected chi connectivity index (χ1v) is 3.82. The summed E-state index contributed by atoms with van der Waals surface area (Å²) in [5, 5.41) is 2.72. The molecule has 1 heterocycles. The Kier molecular flexibility index (Phi) is 2.32. The van der Waals surface area contributed by atoms with Crippen LogP contribution in [0.15, 0.2) is 24.3 Å². The molecule has 0 bridgehead atoms. The molecule has 1 aromatic carbocycles. The highest BCUT2D eigenvalue weighted by Crippen LogP contribution is 2.32. The minimum absolute atomic E-state index is 0. The summed E-state index contributed by atoms with van der Waals surface area (Å²) in [5.41, 5.74) is 6.65. The van der Waals surface area contributed by atoms with Crippen LogP contribution in [0, 0.1) is 0 Å². The van der Waals surface area contributed by atoms with Crippen LogP contribution in [0.3, 0.4) is 0 Å². The van der Waals surface area contributed by atoms with E-state index in [1.165, 1.54) is 0 Å². The smallest absolute Gasteiger partial charge is 0.248 e. The Bertz CT molecular complexity index is 349. The van der Waals surface area contributed by atoms with Crippen molar-refractivity contribution in [2.24, 2.45) is 5.73 Å². The van der Waals surface area contributed by atoms with Crippen molar-refractivity contribution in [3.05, 3.63) is 29.8 Å². The van der Waals surface area contributed by atoms with Crippen molar-refractivity contribution in [3.8, 4) is 0 Å². The molecule has 3 N–H and O–H groups in total. The topological polar surface area (TPSA) is 55.1 Å². The molecule has 0 aliphatic carbocycles. The number of hydrogen-bond donors (Lipinski definition) is 2. The highest BCUT2D eigenvalue weighted by atomic mass is 35.5. The normalized spacial score (nSPS) is 24.6. The first-order valence-electron chi connectivity index (χ1n) is 3.82. The van der Waals surface area contributed by atoms with Crippen molar-refractivity contribution in [1.29, 1.82) is 0 Å². The molecule has 1 aliphatic rings. The first kappa shape index (κ1) is 10.0. The van der Waals surface area contributed by atoms with Crippen LogP contribution in [0.5, 0.6) is 0 Å². The molecular weight excluding hydrogens is 188 g/mol. The van der Waals surface area contributed by atoms with Crippen LogP contribution in [0.2, 0.25) is 0 Å². The number of rotatable bonds is 0. The molecule has 3 nitrogen and oxygen atoms in total. The minimum Gasteiger partial charge on any atom is -0.324 e. The molecule has 0 radical (unpaired) electrons. The maximum Gasteiger partial charge on any atom is 0.248 e. The minimum atomic E-state index is -0.864. The third-order valence-corrected chi connectivity index (χ3v) is 2.21. The average molecular weight is 199 g/mol. The van der Waals surface area contributed by atoms with Gasteiger partial charge in [0.25, 0.3) is 0 Å². The first-order chi connectivity index (χ1) is 5.62. The summed E-state index contributed by atoms with van der Waals surface area (Å²) in [4.78, 5) is 11.3. The summed E-state index contributed by atoms with van der Waals surface area (Å²) in [5.74, 6) is -0.135. The second-order valence-electron chi connectivity index (χ2n) is 3.20. The summed E-state index contributed by atoms with van der Waals surface area (Å²) in [7, 11) is 0. The van der Waals surface area contributed by atoms with Gasteiger partial charge in [-0.15, -0.1) is 12.4 Å². The molecule has 2 rings (SSSR count). The fourth-order valence-corrected chi connectivity index (χ4v) is 1.42. The number of carbonyl (C=O) groups excluding carboxylic acids is 1. The Morgan fingerprint density at radius 1 is 1.38 bits per heavy atom. The Morgan fingerprint density at radius 3 is 2.62 bits per heavy atom. The predicted molar refractivity (Wildman–Crippen MR) is 53.9 cm³/mol. The zero-order chi connectivity index (χ0) is 8.77. The zero-order valence-electron chi connectivity index (χ0n) is 7.20. The average Bonchev–Trinajstić information content (AvgIpc) is 2.25. The molecule has 1 amide bonds. The van der Waals surface area contributed by atoms with E-state index in [0.29, 0.717) is 0 Å². The van der Waals surface area contributed by atoms with Crippen molar-refractivity contribution in [1.82, 2.24) is 0 Å². The molecule has 0 unspecified atom stereocenters. The number of anilines is 1. The lowest BCUT2D eigenvalue weighted by molar-refractivity contribution is -0.120. The van der Waals surface area contributed by atoms with Crippen molar-refractivity contribution in [2.75, 3.05) is 5.32 Å². The van der Waals surface area contributed by atoms with E-state index in [4.69, 9.17) is 5.73 Å². The van der Waals surface area contributed by atoms with Gasteiger partial charge in [-0.1, -0.05) is 18.2 Å². The fraction of sp³-hybridized carbons (Fsp3) is 0.222. The van der Waals surface area contributed by atoms with Crippen molar-refractivity contribution >= 4 is 24.0 Å². The summed E-state index contributed by atoms with van der Waals surface area (Å²) >= 11 is 0. The van der Waals surface area contributed by atoms with Crippen molar-refractivity contribution in [3.63, 3.8) is 0 Å². The van der Waals surface area contributed by atoms with Gasteiger partial charge in [0, 0.05) is 11.3 Å². The van der Waals surface area contributed by atoms with Crippen LogP contribution in [-0.2, 0) is 10.3 Å². The van der Waals surface area contributed by atoms with Crippen molar-refractivity contribution in [2.45, 2.75) is 12.5 Å². The van der Waals surface area contributed by atoms with Crippen LogP contribution in [0.1, 0.15) is 12.5 Å². The molecular formula is C9H11ClN2O. The standard InChI is InChI=1S/C9H10N2O.ClH/c1-9(10)6-4-2-3-5-7(6)11-8(9)12;/h2-5H,10H2,1H3,(H,11,12);1H/t9-;/m1./s1. The Morgan fingerprint density at radius 2 is 2.00 bits per heavy atom. The summed E-state index contributed by atoms with van der Waals surface area (Å²) in [6.45, 7) is 1.72. The predicted octanol–water partition coefficient (Wildman–Crippen LogP) is 1.23. The van der Waals surface area contributed by atoms with Crippen LogP contribution in [-0.4, -0.2) is 5.91 Å². The molecule has 0 aromatic heterocycles. The van der Waals surface area contributed by atoms with E-state index >= 15 is 0 Å². The van der Waals surface area contributed by atoms with Gasteiger partial charge in [-0.25, -0.2) is 0 Å². The number of carbonyl (C=O) groups is 1. The van der Waals surface area contributed by atoms with E-state index in [1.807, 2.05) is 24.3 Å². The van der Waals surface area contributed by atoms with Crippen LogP contribution in [0.25, 0.3) is 0 Å². The number of fused-ring (bicyclic) bond motifs is 1. The monoisotopic (exact) mass is 198 g/mol. The maximum atomic E-state index is 11.3. The number of para-hydroxylation sites is 1. The number of halogens is 1. The van der Waals surface area contributed by atoms with Gasteiger partial charge in [0.2, 0.25) is 5.91 Å². The van der Waals surface area contributed by atoms with Gasteiger partial charge < -0.3 is 11.1 Å². The lowest BCUT2D eigenvalue weighted by Gasteiger charge is -2.14. The lowest BCUT2D eigenvalue weighted by atomic mass is 9.95. The second kappa shape index (κ2) is 3.01. The summed E-state index contributed by atoms with van der Waals surface area (Å²) in [6, 6.07) is 7.48. The molecule has 4 heteroatoms. The molecule has 0 spiro atoms. The van der Waals surface area contributed by atoms with Crippen LogP contribution in [0.4, 0.5) is 5.69 Å². The van der Waals surface area contributed by atoms with Gasteiger partial charge in [-0.3, -0.25) is 4.79 Å². The van der Waals surface area contributed by atoms with Crippen LogP contribution < -0.4 is 11.1 Å². The fourth-order valence-electron chi connectivity index (χ4n) is 1.42. The number of benzene rings is 1. The molecule has 1 atom stereocenters. The highest BCUT2D eigenvalue weighted by Gasteiger charge is 2.38. The Hall–Kier alpha value is -1.06. The SMILES string of the molecule is C[C@]1(N)C(=O)Nc2ccccc21.Cl. The van der Waals surface area contributed by atoms with Crippen LogP contribution >= 0.6 is 12.4 Å². The van der Waals surface area contributed by atoms with Gasteiger partial charge in [-0.2, -0.15) is 0 Å². The van der Waals surface area contributed by atoms with Gasteiger partial charge in [0.1, 0.15) is 5.54 Å². The lowest BCUT2D eigenvalue weighted by Crippen LogP contribution is -2.40. The number of nitrogens with two attached hydrogens (primary N) is 1. The van der Waals surface area contributed by atoms with E-state index in [2.05, 4.69) is 5.32 Å². The Balaban J connectivity index is 0.000000845. The molecule has 0 saturated carbocycles. The maximum absolute atomic E-state index is 11.3. The van der Waals surface area contributed by atoms with E-state index < -0.39 is 5.54 Å². The quantitative estimate of drug-likeness (QED) is 0.659. The number of amides is 1. The number of nitrogens with one attached hydrogen (secondary N) is 1.